The van der Waals surface area contributed by atoms with Gasteiger partial charge in [0.05, 0.1) is 4.92 Å². The van der Waals surface area contributed by atoms with E-state index in [0.717, 1.165) is 5.56 Å². The number of hydrogen-bond acceptors (Lipinski definition) is 5. The van der Waals surface area contributed by atoms with Gasteiger partial charge in [0.25, 0.3) is 5.69 Å². The van der Waals surface area contributed by atoms with Gasteiger partial charge in [-0.05, 0) is 24.4 Å². The van der Waals surface area contributed by atoms with Crippen LogP contribution in [0, 0.1) is 14.1 Å². The Kier molecular flexibility index (Phi) is 2.61. The first kappa shape index (κ1) is 10.0. The molecule has 4 nitrogen and oxygen atoms in total. The molecule has 1 aromatic heterocycles. The van der Waals surface area contributed by atoms with Crippen molar-refractivity contribution in [1.29, 1.82) is 0 Å². The van der Waals surface area contributed by atoms with E-state index in [1.807, 2.05) is 0 Å². The van der Waals surface area contributed by atoms with Crippen molar-refractivity contribution in [2.75, 3.05) is 0 Å². The van der Waals surface area contributed by atoms with Gasteiger partial charge in [0.1, 0.15) is 5.76 Å². The lowest BCUT2D eigenvalue weighted by atomic mass is 10.2. The lowest BCUT2D eigenvalue weighted by Crippen LogP contribution is -1.86. The van der Waals surface area contributed by atoms with E-state index in [2.05, 4.69) is 0 Å². The molecule has 0 aliphatic heterocycles. The number of hydrogen-bond donors (Lipinski definition) is 0. The second kappa shape index (κ2) is 3.92. The third-order valence-corrected chi connectivity index (χ3v) is 2.80. The van der Waals surface area contributed by atoms with E-state index >= 15 is 0 Å². The monoisotopic (exact) mass is 239 g/mol. The smallest absolute Gasteiger partial charge is 0.269 e. The molecule has 0 fully saturated rings. The van der Waals surface area contributed by atoms with E-state index in [1.54, 1.807) is 17.5 Å². The van der Waals surface area contributed by atoms with Crippen LogP contribution in [-0.2, 0) is 0 Å². The standard InChI is InChI=1S/C9H5NO3S2/c11-10(12)7-3-1-6(2-4-7)8-5-15-9(14)13-8/h1-5H. The van der Waals surface area contributed by atoms with E-state index in [-0.39, 0.29) is 5.69 Å². The summed E-state index contributed by atoms with van der Waals surface area (Å²) < 4.78 is 5.68. The molecule has 0 aliphatic carbocycles. The van der Waals surface area contributed by atoms with Gasteiger partial charge in [-0.15, -0.1) is 0 Å². The molecule has 2 rings (SSSR count). The Morgan fingerprint density at radius 2 is 2.00 bits per heavy atom. The Balaban J connectivity index is 2.39. The molecular weight excluding hydrogens is 234 g/mol. The van der Waals surface area contributed by atoms with Crippen molar-refractivity contribution in [2.24, 2.45) is 0 Å². The zero-order valence-electron chi connectivity index (χ0n) is 7.38. The molecule has 1 heterocycles. The van der Waals surface area contributed by atoms with Crippen LogP contribution in [0.25, 0.3) is 11.3 Å². The van der Waals surface area contributed by atoms with E-state index in [1.165, 1.54) is 23.5 Å². The summed E-state index contributed by atoms with van der Waals surface area (Å²) >= 11 is 6.17. The topological polar surface area (TPSA) is 56.3 Å². The van der Waals surface area contributed by atoms with Crippen LogP contribution in [0.5, 0.6) is 0 Å². The first-order valence-corrected chi connectivity index (χ1v) is 5.29. The minimum atomic E-state index is -0.437. The van der Waals surface area contributed by atoms with Crippen LogP contribution < -0.4 is 0 Å². The van der Waals surface area contributed by atoms with Crippen LogP contribution in [-0.4, -0.2) is 4.92 Å². The maximum atomic E-state index is 10.4. The third kappa shape index (κ3) is 2.11. The van der Waals surface area contributed by atoms with Crippen LogP contribution in [0.2, 0.25) is 0 Å². The van der Waals surface area contributed by atoms with Crippen LogP contribution in [0.3, 0.4) is 0 Å². The number of nitrogens with zero attached hydrogens (tertiary/aromatic N) is 1. The van der Waals surface area contributed by atoms with Gasteiger partial charge in [0.2, 0.25) is 4.02 Å². The van der Waals surface area contributed by atoms with Gasteiger partial charge in [0.15, 0.2) is 0 Å². The molecule has 0 bridgehead atoms. The van der Waals surface area contributed by atoms with Crippen molar-refractivity contribution in [3.8, 4) is 11.3 Å². The summed E-state index contributed by atoms with van der Waals surface area (Å²) in [5.74, 6) is 0.639. The number of rotatable bonds is 2. The van der Waals surface area contributed by atoms with Crippen molar-refractivity contribution in [2.45, 2.75) is 0 Å². The van der Waals surface area contributed by atoms with Gasteiger partial charge in [-0.25, -0.2) is 0 Å². The molecule has 0 unspecified atom stereocenters. The normalized spacial score (nSPS) is 10.1. The fraction of sp³-hybridized carbons (Fsp3) is 0. The predicted octanol–water partition coefficient (Wildman–Crippen LogP) is 3.65. The Bertz CT molecular complexity index is 541. The second-order valence-electron chi connectivity index (χ2n) is 2.76. The average Bonchev–Trinajstić information content (AvgIpc) is 2.65. The first-order chi connectivity index (χ1) is 7.16. The fourth-order valence-electron chi connectivity index (χ4n) is 1.11. The van der Waals surface area contributed by atoms with Gasteiger partial charge in [-0.1, -0.05) is 11.3 Å². The highest BCUT2D eigenvalue weighted by atomic mass is 32.1. The Hall–Kier alpha value is -1.53. The lowest BCUT2D eigenvalue weighted by molar-refractivity contribution is -0.384. The summed E-state index contributed by atoms with van der Waals surface area (Å²) in [7, 11) is 0. The van der Waals surface area contributed by atoms with E-state index < -0.39 is 4.92 Å². The quantitative estimate of drug-likeness (QED) is 0.456. The Labute approximate surface area is 93.9 Å². The van der Waals surface area contributed by atoms with Crippen molar-refractivity contribution >= 4 is 29.2 Å². The Morgan fingerprint density at radius 1 is 1.33 bits per heavy atom. The van der Waals surface area contributed by atoms with Gasteiger partial charge < -0.3 is 4.42 Å². The van der Waals surface area contributed by atoms with E-state index in [0.29, 0.717) is 9.78 Å². The largest absolute Gasteiger partial charge is 0.435 e. The second-order valence-corrected chi connectivity index (χ2v) is 4.23. The summed E-state index contributed by atoms with van der Waals surface area (Å²) in [5, 5.41) is 12.2. The number of non-ortho nitro benzene ring substituents is 1. The van der Waals surface area contributed by atoms with Crippen LogP contribution in [0.1, 0.15) is 0 Å². The highest BCUT2D eigenvalue weighted by Crippen LogP contribution is 2.25. The molecule has 0 saturated heterocycles. The fourth-order valence-corrected chi connectivity index (χ4v) is 1.87. The molecule has 0 atom stereocenters. The van der Waals surface area contributed by atoms with Crippen LogP contribution in [0.15, 0.2) is 34.1 Å². The SMILES string of the molecule is O=[N+]([O-])c1ccc(-c2csc(=S)o2)cc1. The van der Waals surface area contributed by atoms with Gasteiger partial charge >= 0.3 is 0 Å². The number of nitro groups is 1. The molecule has 2 aromatic rings. The zero-order chi connectivity index (χ0) is 10.8. The van der Waals surface area contributed by atoms with Crippen molar-refractivity contribution in [1.82, 2.24) is 0 Å². The summed E-state index contributed by atoms with van der Waals surface area (Å²) in [6.45, 7) is 0. The first-order valence-electron chi connectivity index (χ1n) is 4.00. The zero-order valence-corrected chi connectivity index (χ0v) is 9.01. The Morgan fingerprint density at radius 3 is 2.47 bits per heavy atom. The lowest BCUT2D eigenvalue weighted by Gasteiger charge is -1.94. The van der Waals surface area contributed by atoms with Gasteiger partial charge in [-0.3, -0.25) is 10.1 Å². The van der Waals surface area contributed by atoms with Crippen molar-refractivity contribution in [3.63, 3.8) is 0 Å². The van der Waals surface area contributed by atoms with Gasteiger partial charge in [-0.2, -0.15) is 0 Å². The predicted molar refractivity (Wildman–Crippen MR) is 59.5 cm³/mol. The minimum absolute atomic E-state index is 0.0626. The number of benzene rings is 1. The summed E-state index contributed by atoms with van der Waals surface area (Å²) in [4.78, 5) is 9.98. The van der Waals surface area contributed by atoms with Crippen LogP contribution >= 0.6 is 23.6 Å². The molecule has 0 radical (unpaired) electrons. The molecule has 0 saturated carbocycles. The molecule has 6 heteroatoms. The molecule has 15 heavy (non-hydrogen) atoms. The minimum Gasteiger partial charge on any atom is -0.435 e. The summed E-state index contributed by atoms with van der Waals surface area (Å²) in [6.07, 6.45) is 0. The molecule has 0 amide bonds. The molecule has 0 spiro atoms. The van der Waals surface area contributed by atoms with Crippen molar-refractivity contribution in [3.05, 3.63) is 43.8 Å². The average molecular weight is 239 g/mol. The highest BCUT2D eigenvalue weighted by Gasteiger charge is 2.06. The van der Waals surface area contributed by atoms with Crippen molar-refractivity contribution < 1.29 is 9.34 Å². The van der Waals surface area contributed by atoms with E-state index in [9.17, 15) is 10.1 Å². The third-order valence-electron chi connectivity index (χ3n) is 1.82. The van der Waals surface area contributed by atoms with Gasteiger partial charge in [0, 0.05) is 23.1 Å². The summed E-state index contributed by atoms with van der Waals surface area (Å²) in [6, 6.07) is 6.15. The molecular formula is C9H5NO3S2. The number of nitro benzene ring substituents is 1. The van der Waals surface area contributed by atoms with E-state index in [4.69, 9.17) is 16.6 Å². The molecule has 1 aromatic carbocycles. The van der Waals surface area contributed by atoms with Crippen LogP contribution in [0.4, 0.5) is 5.69 Å². The maximum Gasteiger partial charge on any atom is 0.269 e. The highest BCUT2D eigenvalue weighted by molar-refractivity contribution is 7.73. The molecule has 0 N–H and O–H groups in total. The molecule has 76 valence electrons. The molecule has 0 aliphatic rings. The maximum absolute atomic E-state index is 10.4. The summed E-state index contributed by atoms with van der Waals surface area (Å²) in [5.41, 5.74) is 0.848.